The minimum Gasteiger partial charge on any atom is -0.481 e. The van der Waals surface area contributed by atoms with Gasteiger partial charge in [0.05, 0.1) is 5.92 Å². The molecular weight excluding hydrogens is 254 g/mol. The van der Waals surface area contributed by atoms with Crippen LogP contribution in [0.4, 0.5) is 0 Å². The maximum Gasteiger partial charge on any atom is 0.306 e. The van der Waals surface area contributed by atoms with Crippen molar-refractivity contribution >= 4 is 11.9 Å². The van der Waals surface area contributed by atoms with Gasteiger partial charge in [-0.25, -0.2) is 0 Å². The Morgan fingerprint density at radius 3 is 2.25 bits per heavy atom. The molecule has 0 aromatic carbocycles. The molecule has 112 valence electrons. The second-order valence-electron chi connectivity index (χ2n) is 6.83. The van der Waals surface area contributed by atoms with E-state index in [0.29, 0.717) is 24.8 Å². The van der Waals surface area contributed by atoms with Gasteiger partial charge in [0.25, 0.3) is 0 Å². The second-order valence-corrected chi connectivity index (χ2v) is 6.83. The highest BCUT2D eigenvalue weighted by atomic mass is 16.4. The third-order valence-corrected chi connectivity index (χ3v) is 5.66. The van der Waals surface area contributed by atoms with E-state index in [1.54, 1.807) is 0 Å². The summed E-state index contributed by atoms with van der Waals surface area (Å²) in [5.74, 6) is -0.0927. The molecule has 1 aliphatic heterocycles. The summed E-state index contributed by atoms with van der Waals surface area (Å²) in [5, 5.41) is 9.08. The molecule has 1 saturated heterocycles. The summed E-state index contributed by atoms with van der Waals surface area (Å²) < 4.78 is 0. The predicted octanol–water partition coefficient (Wildman–Crippen LogP) is 2.67. The van der Waals surface area contributed by atoms with Crippen LogP contribution in [0.2, 0.25) is 0 Å². The highest BCUT2D eigenvalue weighted by molar-refractivity contribution is 5.81. The van der Waals surface area contributed by atoms with E-state index in [1.807, 2.05) is 0 Å². The molecule has 1 N–H and O–H groups in total. The van der Waals surface area contributed by atoms with Crippen LogP contribution in [0.1, 0.15) is 57.8 Å². The van der Waals surface area contributed by atoms with E-state index in [1.165, 1.54) is 25.7 Å². The van der Waals surface area contributed by atoms with Crippen molar-refractivity contribution in [2.75, 3.05) is 6.54 Å². The third-order valence-electron chi connectivity index (χ3n) is 5.66. The summed E-state index contributed by atoms with van der Waals surface area (Å²) in [6.07, 6.45) is 9.46. The lowest BCUT2D eigenvalue weighted by molar-refractivity contribution is -0.142. The van der Waals surface area contributed by atoms with Crippen LogP contribution in [0.15, 0.2) is 0 Å². The molecule has 0 aromatic rings. The lowest BCUT2D eigenvalue weighted by Gasteiger charge is -2.31. The molecule has 3 fully saturated rings. The highest BCUT2D eigenvalue weighted by Crippen LogP contribution is 2.38. The Bertz CT molecular complexity index is 389. The summed E-state index contributed by atoms with van der Waals surface area (Å²) in [6.45, 7) is 0.897. The van der Waals surface area contributed by atoms with Crippen LogP contribution in [-0.2, 0) is 9.59 Å². The minimum absolute atomic E-state index is 0.0295. The van der Waals surface area contributed by atoms with Gasteiger partial charge in [-0.15, -0.1) is 0 Å². The molecule has 2 saturated carbocycles. The van der Waals surface area contributed by atoms with Crippen LogP contribution in [0.5, 0.6) is 0 Å². The van der Waals surface area contributed by atoms with E-state index < -0.39 is 5.97 Å². The lowest BCUT2D eigenvalue weighted by atomic mass is 9.94. The van der Waals surface area contributed by atoms with Gasteiger partial charge >= 0.3 is 5.97 Å². The van der Waals surface area contributed by atoms with Crippen LogP contribution in [0.3, 0.4) is 0 Å². The molecule has 0 bridgehead atoms. The maximum absolute atomic E-state index is 12.7. The van der Waals surface area contributed by atoms with Crippen LogP contribution in [0.25, 0.3) is 0 Å². The number of carbonyl (C=O) groups excluding carboxylic acids is 1. The van der Waals surface area contributed by atoms with Crippen molar-refractivity contribution in [1.82, 2.24) is 4.90 Å². The standard InChI is InChI=1S/C16H25NO3/c18-15(12-7-8-13(10-12)16(19)20)17-9-3-6-14(17)11-4-1-2-5-11/h11-14H,1-10H2,(H,19,20)/t12-,13+,14?/m1/s1. The minimum atomic E-state index is -0.728. The average molecular weight is 279 g/mol. The van der Waals surface area contributed by atoms with Gasteiger partial charge in [0.15, 0.2) is 0 Å². The van der Waals surface area contributed by atoms with Gasteiger partial charge in [-0.05, 0) is 50.9 Å². The third kappa shape index (κ3) is 2.57. The van der Waals surface area contributed by atoms with E-state index in [2.05, 4.69) is 4.90 Å². The lowest BCUT2D eigenvalue weighted by Crippen LogP contribution is -2.42. The fourth-order valence-electron chi connectivity index (χ4n) is 4.56. The Morgan fingerprint density at radius 2 is 1.60 bits per heavy atom. The number of likely N-dealkylation sites (tertiary alicyclic amines) is 1. The maximum atomic E-state index is 12.7. The molecule has 20 heavy (non-hydrogen) atoms. The van der Waals surface area contributed by atoms with Gasteiger partial charge in [0.2, 0.25) is 5.91 Å². The Labute approximate surface area is 120 Å². The fourth-order valence-corrected chi connectivity index (χ4v) is 4.56. The number of hydrogen-bond acceptors (Lipinski definition) is 2. The number of carboxylic acids is 1. The Balaban J connectivity index is 1.62. The van der Waals surface area contributed by atoms with E-state index in [9.17, 15) is 9.59 Å². The smallest absolute Gasteiger partial charge is 0.306 e. The number of rotatable bonds is 3. The number of hydrogen-bond donors (Lipinski definition) is 1. The number of nitrogens with zero attached hydrogens (tertiary/aromatic N) is 1. The van der Waals surface area contributed by atoms with Crippen LogP contribution in [0, 0.1) is 17.8 Å². The van der Waals surface area contributed by atoms with Gasteiger partial charge in [-0.3, -0.25) is 9.59 Å². The quantitative estimate of drug-likeness (QED) is 0.864. The first kappa shape index (κ1) is 13.9. The molecule has 1 amide bonds. The van der Waals surface area contributed by atoms with Crippen molar-refractivity contribution in [1.29, 1.82) is 0 Å². The molecule has 4 nitrogen and oxygen atoms in total. The first-order valence-corrected chi connectivity index (χ1v) is 8.20. The van der Waals surface area contributed by atoms with Crippen molar-refractivity contribution in [2.24, 2.45) is 17.8 Å². The van der Waals surface area contributed by atoms with Crippen molar-refractivity contribution < 1.29 is 14.7 Å². The number of carboxylic acid groups (broad SMARTS) is 1. The molecule has 0 radical (unpaired) electrons. The van der Waals surface area contributed by atoms with Crippen LogP contribution >= 0.6 is 0 Å². The van der Waals surface area contributed by atoms with Crippen LogP contribution < -0.4 is 0 Å². The average Bonchev–Trinajstić information content (AvgIpc) is 3.17. The van der Waals surface area contributed by atoms with E-state index >= 15 is 0 Å². The Hall–Kier alpha value is -1.06. The molecule has 0 aromatic heterocycles. The van der Waals surface area contributed by atoms with E-state index in [4.69, 9.17) is 5.11 Å². The molecule has 2 aliphatic carbocycles. The summed E-state index contributed by atoms with van der Waals surface area (Å²) >= 11 is 0. The predicted molar refractivity (Wildman–Crippen MR) is 75.2 cm³/mol. The monoisotopic (exact) mass is 279 g/mol. The molecule has 0 spiro atoms. The summed E-state index contributed by atoms with van der Waals surface area (Å²) in [5.41, 5.74) is 0. The van der Waals surface area contributed by atoms with Crippen molar-refractivity contribution in [2.45, 2.75) is 63.8 Å². The zero-order chi connectivity index (χ0) is 14.1. The Kier molecular flexibility index (Phi) is 3.99. The zero-order valence-electron chi connectivity index (χ0n) is 12.1. The van der Waals surface area contributed by atoms with E-state index in [-0.39, 0.29) is 17.7 Å². The topological polar surface area (TPSA) is 57.6 Å². The number of aliphatic carboxylic acids is 1. The molecule has 3 aliphatic rings. The van der Waals surface area contributed by atoms with Crippen molar-refractivity contribution in [3.05, 3.63) is 0 Å². The summed E-state index contributed by atoms with van der Waals surface area (Å²) in [4.78, 5) is 25.9. The summed E-state index contributed by atoms with van der Waals surface area (Å²) in [6, 6.07) is 0.453. The van der Waals surface area contributed by atoms with Crippen molar-refractivity contribution in [3.8, 4) is 0 Å². The molecular formula is C16H25NO3. The van der Waals surface area contributed by atoms with Gasteiger partial charge in [-0.2, -0.15) is 0 Å². The van der Waals surface area contributed by atoms with E-state index in [0.717, 1.165) is 25.8 Å². The molecule has 4 heteroatoms. The SMILES string of the molecule is O=C(O)[C@H]1CC[C@@H](C(=O)N2CCCC2C2CCCC2)C1. The number of amides is 1. The van der Waals surface area contributed by atoms with Crippen molar-refractivity contribution in [3.63, 3.8) is 0 Å². The zero-order valence-corrected chi connectivity index (χ0v) is 12.1. The highest BCUT2D eigenvalue weighted by Gasteiger charge is 2.41. The molecule has 1 heterocycles. The normalized spacial score (nSPS) is 34.8. The molecule has 3 atom stereocenters. The Morgan fingerprint density at radius 1 is 0.900 bits per heavy atom. The second kappa shape index (κ2) is 5.74. The van der Waals surface area contributed by atoms with Crippen LogP contribution in [-0.4, -0.2) is 34.5 Å². The first-order chi connectivity index (χ1) is 9.66. The van der Waals surface area contributed by atoms with Gasteiger partial charge in [-0.1, -0.05) is 12.8 Å². The molecule has 3 rings (SSSR count). The molecule has 1 unspecified atom stereocenters. The van der Waals surface area contributed by atoms with Gasteiger partial charge < -0.3 is 10.0 Å². The summed E-state index contributed by atoms with van der Waals surface area (Å²) in [7, 11) is 0. The largest absolute Gasteiger partial charge is 0.481 e. The number of carbonyl (C=O) groups is 2. The first-order valence-electron chi connectivity index (χ1n) is 8.20. The van der Waals surface area contributed by atoms with Gasteiger partial charge in [0.1, 0.15) is 0 Å². The fraction of sp³-hybridized carbons (Fsp3) is 0.875. The van der Waals surface area contributed by atoms with Gasteiger partial charge in [0, 0.05) is 18.5 Å².